The normalized spacial score (nSPS) is 12.3. The van der Waals surface area contributed by atoms with Gasteiger partial charge in [-0.15, -0.1) is 82.1 Å². The topological polar surface area (TPSA) is 158 Å². The van der Waals surface area contributed by atoms with Gasteiger partial charge in [0.2, 0.25) is 0 Å². The number of aromatic nitrogens is 6. The van der Waals surface area contributed by atoms with Crippen molar-refractivity contribution in [2.45, 2.75) is 159 Å². The Kier molecular flexibility index (Phi) is 30.4. The van der Waals surface area contributed by atoms with Crippen molar-refractivity contribution in [2.75, 3.05) is 0 Å². The van der Waals surface area contributed by atoms with Crippen LogP contribution in [0.5, 0.6) is 0 Å². The summed E-state index contributed by atoms with van der Waals surface area (Å²) >= 11 is 1.87. The first-order chi connectivity index (χ1) is 52.2. The molecule has 15 aromatic rings. The van der Waals surface area contributed by atoms with Gasteiger partial charge in [0.25, 0.3) is 0 Å². The molecule has 4 aromatic heterocycles. The van der Waals surface area contributed by atoms with Crippen molar-refractivity contribution in [3.63, 3.8) is 0 Å². The molecule has 4 atom stereocenters. The monoisotopic (exact) mass is 1840 g/mol. The third kappa shape index (κ3) is 22.4. The zero-order chi connectivity index (χ0) is 77.6. The second-order valence-corrected chi connectivity index (χ2v) is 31.9. The SMILES string of the molecule is CC(C)(C)c1cc(-c2[c-]cccc2)ncn1.CC(C)CC(O)CC(O)CC(C)C.CC(O)CC(C)O.Cc1[c-]c(-c2ncc(-c3c(C)cccc3C)nc2-c2cc(C)cc(C)c2)cc(C)c1.[Ir].[Ir].c1cc(-c2cccc(-c3cccc4c3sc3ccccc34)c2)cc(-c2cnc3c4ccccc4c4ccccc4c3n2)c1. The van der Waals surface area contributed by atoms with Gasteiger partial charge in [0.05, 0.1) is 58.7 Å². The number of hydrogen-bond acceptors (Lipinski definition) is 11. The summed E-state index contributed by atoms with van der Waals surface area (Å²) in [4.78, 5) is 28.9. The molecule has 15 rings (SSSR count). The minimum absolute atomic E-state index is 0. The molecule has 574 valence electrons. The van der Waals surface area contributed by atoms with Crippen molar-refractivity contribution < 1.29 is 60.6 Å². The van der Waals surface area contributed by atoms with Gasteiger partial charge >= 0.3 is 0 Å². The molecule has 4 N–H and O–H groups in total. The van der Waals surface area contributed by atoms with Crippen LogP contribution in [0.1, 0.15) is 127 Å². The Hall–Kier alpha value is -9.20. The van der Waals surface area contributed by atoms with Crippen LogP contribution in [0.3, 0.4) is 0 Å². The third-order valence-electron chi connectivity index (χ3n) is 19.0. The molecule has 0 saturated heterocycles. The van der Waals surface area contributed by atoms with E-state index in [-0.39, 0.29) is 70.0 Å². The van der Waals surface area contributed by atoms with Crippen LogP contribution >= 0.6 is 11.3 Å². The first kappa shape index (κ1) is 85.8. The number of benzene rings is 11. The van der Waals surface area contributed by atoms with Crippen molar-refractivity contribution in [3.05, 3.63) is 288 Å². The van der Waals surface area contributed by atoms with Gasteiger partial charge in [-0.3, -0.25) is 15.0 Å². The number of fused-ring (bicyclic) bond motifs is 9. The number of thiophene rings is 1. The number of aliphatic hydroxyl groups excluding tert-OH is 4. The zero-order valence-electron chi connectivity index (χ0n) is 66.4. The van der Waals surface area contributed by atoms with Crippen molar-refractivity contribution >= 4 is 64.1 Å². The molecular weight excluding hydrogens is 1740 g/mol. The minimum Gasteiger partial charge on any atom is -0.393 e. The van der Waals surface area contributed by atoms with Gasteiger partial charge in [-0.25, -0.2) is 9.97 Å². The molecule has 4 unspecified atom stereocenters. The Balaban J connectivity index is 0.000000180. The predicted molar refractivity (Wildman–Crippen MR) is 458 cm³/mol. The molecule has 0 aliphatic carbocycles. The molecule has 0 spiro atoms. The Bertz CT molecular complexity index is 5500. The summed E-state index contributed by atoms with van der Waals surface area (Å²) in [6, 6.07) is 83.6. The molecule has 0 bridgehead atoms. The van der Waals surface area contributed by atoms with E-state index in [0.717, 1.165) is 108 Å². The Morgan fingerprint density at radius 2 is 0.937 bits per heavy atom. The Labute approximate surface area is 687 Å². The Morgan fingerprint density at radius 3 is 1.52 bits per heavy atom. The van der Waals surface area contributed by atoms with Crippen LogP contribution in [0.2, 0.25) is 0 Å². The van der Waals surface area contributed by atoms with Gasteiger partial charge < -0.3 is 25.4 Å². The number of rotatable bonds is 15. The quantitative estimate of drug-likeness (QED) is 0.0575. The molecule has 11 aromatic carbocycles. The first-order valence-electron chi connectivity index (χ1n) is 38.0. The number of nitrogens with zero attached hydrogens (tertiary/aromatic N) is 6. The summed E-state index contributed by atoms with van der Waals surface area (Å²) in [5.74, 6) is 1.00. The van der Waals surface area contributed by atoms with E-state index in [1.807, 2.05) is 54.1 Å². The average Bonchev–Trinajstić information content (AvgIpc) is 1.24. The summed E-state index contributed by atoms with van der Waals surface area (Å²) < 4.78 is 2.66. The Morgan fingerprint density at radius 1 is 0.405 bits per heavy atom. The second-order valence-electron chi connectivity index (χ2n) is 30.9. The summed E-state index contributed by atoms with van der Waals surface area (Å²) in [5.41, 5.74) is 24.8. The molecule has 111 heavy (non-hydrogen) atoms. The third-order valence-corrected chi connectivity index (χ3v) is 20.3. The van der Waals surface area contributed by atoms with Crippen molar-refractivity contribution in [1.29, 1.82) is 0 Å². The second kappa shape index (κ2) is 39.3. The molecule has 0 fully saturated rings. The van der Waals surface area contributed by atoms with Crippen LogP contribution in [0.4, 0.5) is 0 Å². The van der Waals surface area contributed by atoms with E-state index in [4.69, 9.17) is 30.1 Å². The first-order valence-corrected chi connectivity index (χ1v) is 38.8. The van der Waals surface area contributed by atoms with Gasteiger partial charge in [0.1, 0.15) is 6.33 Å². The van der Waals surface area contributed by atoms with Crippen LogP contribution in [-0.2, 0) is 45.6 Å². The van der Waals surface area contributed by atoms with Crippen LogP contribution in [0, 0.1) is 65.5 Å². The van der Waals surface area contributed by atoms with Crippen LogP contribution in [0.25, 0.3) is 131 Å². The van der Waals surface area contributed by atoms with Crippen molar-refractivity contribution in [3.8, 4) is 78.5 Å². The number of aliphatic hydroxyl groups is 4. The van der Waals surface area contributed by atoms with E-state index in [0.29, 0.717) is 24.7 Å². The van der Waals surface area contributed by atoms with Crippen molar-refractivity contribution in [1.82, 2.24) is 29.9 Å². The van der Waals surface area contributed by atoms with Gasteiger partial charge in [-0.1, -0.05) is 237 Å². The van der Waals surface area contributed by atoms with Gasteiger partial charge in [0, 0.05) is 105 Å². The van der Waals surface area contributed by atoms with Gasteiger partial charge in [-0.05, 0) is 153 Å². The predicted octanol–water partition coefficient (Wildman–Crippen LogP) is 24.0. The summed E-state index contributed by atoms with van der Waals surface area (Å²) in [5, 5.41) is 43.5. The van der Waals surface area contributed by atoms with E-state index >= 15 is 0 Å². The van der Waals surface area contributed by atoms with Gasteiger partial charge in [0.15, 0.2) is 0 Å². The molecule has 0 aliphatic rings. The molecule has 2 radical (unpaired) electrons. The van der Waals surface area contributed by atoms with E-state index in [2.05, 4.69) is 300 Å². The molecule has 0 amide bonds. The summed E-state index contributed by atoms with van der Waals surface area (Å²) in [6.45, 7) is 30.8. The van der Waals surface area contributed by atoms with Crippen LogP contribution < -0.4 is 0 Å². The van der Waals surface area contributed by atoms with E-state index in [1.165, 1.54) is 75.5 Å². The molecule has 0 aliphatic heterocycles. The zero-order valence-corrected chi connectivity index (χ0v) is 72.0. The fourth-order valence-electron chi connectivity index (χ4n) is 14.3. The van der Waals surface area contributed by atoms with Gasteiger partial charge in [-0.2, -0.15) is 0 Å². The van der Waals surface area contributed by atoms with E-state index < -0.39 is 0 Å². The summed E-state index contributed by atoms with van der Waals surface area (Å²) in [7, 11) is 0. The molecule has 10 nitrogen and oxygen atoms in total. The van der Waals surface area contributed by atoms with E-state index in [1.54, 1.807) is 20.2 Å². The fraction of sp³-hybridized carbons (Fsp3) is 0.265. The minimum atomic E-state index is -0.375. The fourth-order valence-corrected chi connectivity index (χ4v) is 15.5. The van der Waals surface area contributed by atoms with Crippen LogP contribution in [0.15, 0.2) is 237 Å². The largest absolute Gasteiger partial charge is 0.393 e. The molecule has 4 heterocycles. The standard InChI is InChI=1S/C40H24N2S.C28H27N2.C14H15N2.C11H24O2.C5H12O2.2Ir/c1-3-17-33-30(14-1)31-15-2-4-18-34(31)39-38(33)41-24-36(42-39)28-13-8-11-26(23-28)25-10-7-12-27(22-25)29-19-9-20-35-32-16-5-6-21-37(32)43-40(29)35;1-17-10-18(2)13-23(12-17)27-28(24-14-19(3)11-20(4)15-24)30-25(16-29-27)26-21(5)8-7-9-22(26)6;1-14(2,3)13-9-12(15-10-16-13)11-7-5-4-6-8-11;1-8(2)5-10(12)7-11(13)6-9(3)4;1-4(6)3-5(2)7;;/h1-24H;7-12,14-16H,1-6H3;4-7,9-10H,1-3H3;8-13H,5-7H2,1-4H3;4-7H,3H2,1-2H3;;/q;2*-1;;;;. The number of aryl methyl sites for hydroxylation is 6. The molecular formula is C98H102Ir2N6O4S-2. The smallest absolute Gasteiger partial charge is 0.105 e. The molecule has 0 saturated carbocycles. The van der Waals surface area contributed by atoms with Crippen LogP contribution in [-0.4, -0.2) is 74.7 Å². The molecule has 13 heteroatoms. The van der Waals surface area contributed by atoms with Crippen molar-refractivity contribution in [2.24, 2.45) is 11.8 Å². The maximum absolute atomic E-state index is 9.54. The maximum Gasteiger partial charge on any atom is 0.105 e. The maximum atomic E-state index is 9.54. The summed E-state index contributed by atoms with van der Waals surface area (Å²) in [6.07, 6.45) is 6.59. The number of hydrogen-bond donors (Lipinski definition) is 4. The van der Waals surface area contributed by atoms with E-state index in [9.17, 15) is 10.2 Å². The average molecular weight is 1840 g/mol.